The zero-order valence-corrected chi connectivity index (χ0v) is 17.0. The number of halogens is 1. The van der Waals surface area contributed by atoms with E-state index in [1.165, 1.54) is 6.07 Å². The summed E-state index contributed by atoms with van der Waals surface area (Å²) < 4.78 is 19.4. The number of fused-ring (bicyclic) bond motifs is 1. The summed E-state index contributed by atoms with van der Waals surface area (Å²) in [7, 11) is 0. The van der Waals surface area contributed by atoms with Crippen LogP contribution in [-0.2, 0) is 10.3 Å². The second-order valence-corrected chi connectivity index (χ2v) is 8.92. The maximum Gasteiger partial charge on any atom is 0.410 e. The van der Waals surface area contributed by atoms with Crippen LogP contribution in [0.4, 0.5) is 9.18 Å². The van der Waals surface area contributed by atoms with Gasteiger partial charge in [0.2, 0.25) is 0 Å². The second kappa shape index (κ2) is 6.77. The van der Waals surface area contributed by atoms with Gasteiger partial charge >= 0.3 is 6.09 Å². The molecule has 0 radical (unpaired) electrons. The fourth-order valence-corrected chi connectivity index (χ4v) is 4.17. The van der Waals surface area contributed by atoms with Crippen molar-refractivity contribution in [3.63, 3.8) is 0 Å². The molecule has 0 spiro atoms. The average molecular weight is 387 g/mol. The third-order valence-electron chi connectivity index (χ3n) is 5.40. The molecule has 0 aliphatic carbocycles. The molecule has 1 aromatic rings. The number of carbonyl (C=O) groups is 2. The molecule has 28 heavy (non-hydrogen) atoms. The molecule has 3 rings (SSSR count). The van der Waals surface area contributed by atoms with Crippen LogP contribution in [0.2, 0.25) is 0 Å². The van der Waals surface area contributed by atoms with E-state index in [0.29, 0.717) is 37.1 Å². The van der Waals surface area contributed by atoms with Gasteiger partial charge in [0.1, 0.15) is 17.5 Å². The monoisotopic (exact) mass is 387 g/mol. The maximum absolute atomic E-state index is 14.0. The molecule has 0 atom stereocenters. The normalized spacial score (nSPS) is 19.4. The van der Waals surface area contributed by atoms with Crippen molar-refractivity contribution >= 4 is 12.0 Å². The van der Waals surface area contributed by atoms with Crippen LogP contribution in [0.1, 0.15) is 68.9 Å². The van der Waals surface area contributed by atoms with Gasteiger partial charge in [-0.05, 0) is 65.2 Å². The van der Waals surface area contributed by atoms with E-state index in [0.717, 1.165) is 6.07 Å². The van der Waals surface area contributed by atoms with Gasteiger partial charge in [0.25, 0.3) is 5.91 Å². The van der Waals surface area contributed by atoms with Crippen molar-refractivity contribution in [1.29, 1.82) is 5.26 Å². The summed E-state index contributed by atoms with van der Waals surface area (Å²) in [5.41, 5.74) is -0.368. The van der Waals surface area contributed by atoms with E-state index in [1.54, 1.807) is 9.80 Å². The molecule has 0 unspecified atom stereocenters. The van der Waals surface area contributed by atoms with Crippen LogP contribution >= 0.6 is 0 Å². The Hall–Kier alpha value is -2.62. The molecule has 1 fully saturated rings. The van der Waals surface area contributed by atoms with Gasteiger partial charge in [-0.3, -0.25) is 4.79 Å². The Morgan fingerprint density at radius 1 is 1.29 bits per heavy atom. The molecule has 0 saturated carbocycles. The molecule has 2 aliphatic rings. The molecule has 150 valence electrons. The summed E-state index contributed by atoms with van der Waals surface area (Å²) in [4.78, 5) is 28.8. The molecule has 0 N–H and O–H groups in total. The summed E-state index contributed by atoms with van der Waals surface area (Å²) in [6.45, 7) is 10.2. The minimum Gasteiger partial charge on any atom is -0.444 e. The minimum atomic E-state index is -0.723. The molecule has 6 nitrogen and oxygen atoms in total. The topological polar surface area (TPSA) is 73.6 Å². The molecular weight excluding hydrogens is 361 g/mol. The first-order valence-electron chi connectivity index (χ1n) is 9.51. The number of nitriles is 1. The van der Waals surface area contributed by atoms with Crippen LogP contribution in [0, 0.1) is 17.1 Å². The van der Waals surface area contributed by atoms with E-state index < -0.39 is 17.0 Å². The van der Waals surface area contributed by atoms with Gasteiger partial charge in [0.05, 0.1) is 16.7 Å². The van der Waals surface area contributed by atoms with Gasteiger partial charge < -0.3 is 14.5 Å². The van der Waals surface area contributed by atoms with Gasteiger partial charge in [-0.25, -0.2) is 9.18 Å². The van der Waals surface area contributed by atoms with E-state index in [2.05, 4.69) is 0 Å². The molecule has 0 bridgehead atoms. The first-order valence-corrected chi connectivity index (χ1v) is 9.51. The van der Waals surface area contributed by atoms with Crippen molar-refractivity contribution in [2.45, 2.75) is 64.6 Å². The zero-order valence-electron chi connectivity index (χ0n) is 17.0. The number of hydrogen-bond donors (Lipinski definition) is 0. The van der Waals surface area contributed by atoms with Crippen molar-refractivity contribution in [3.05, 3.63) is 34.6 Å². The van der Waals surface area contributed by atoms with E-state index in [-0.39, 0.29) is 23.6 Å². The third kappa shape index (κ3) is 3.44. The molecule has 1 aromatic carbocycles. The lowest BCUT2D eigenvalue weighted by atomic mass is 9.90. The lowest BCUT2D eigenvalue weighted by Crippen LogP contribution is -2.52. The highest BCUT2D eigenvalue weighted by molar-refractivity contribution is 6.02. The van der Waals surface area contributed by atoms with Gasteiger partial charge in [0.15, 0.2) is 0 Å². The van der Waals surface area contributed by atoms with Gasteiger partial charge in [0, 0.05) is 19.1 Å². The predicted molar refractivity (Wildman–Crippen MR) is 101 cm³/mol. The first kappa shape index (κ1) is 20.1. The summed E-state index contributed by atoms with van der Waals surface area (Å²) in [5.74, 6) is -0.759. The number of piperidine rings is 1. The smallest absolute Gasteiger partial charge is 0.410 e. The highest BCUT2D eigenvalue weighted by Gasteiger charge is 2.48. The van der Waals surface area contributed by atoms with E-state index in [1.807, 2.05) is 40.7 Å². The highest BCUT2D eigenvalue weighted by atomic mass is 19.1. The van der Waals surface area contributed by atoms with E-state index >= 15 is 0 Å². The average Bonchev–Trinajstić information content (AvgIpc) is 2.79. The molecular formula is C21H26FN3O3. The number of ether oxygens (including phenoxy) is 1. The number of amides is 2. The predicted octanol–water partition coefficient (Wildman–Crippen LogP) is 3.79. The van der Waals surface area contributed by atoms with Crippen LogP contribution in [-0.4, -0.2) is 46.5 Å². The summed E-state index contributed by atoms with van der Waals surface area (Å²) in [5, 5.41) is 9.35. The Morgan fingerprint density at radius 3 is 2.43 bits per heavy atom. The fourth-order valence-electron chi connectivity index (χ4n) is 4.17. The first-order chi connectivity index (χ1) is 13.0. The Kier molecular flexibility index (Phi) is 4.86. The number of hydrogen-bond acceptors (Lipinski definition) is 4. The van der Waals surface area contributed by atoms with E-state index in [4.69, 9.17) is 4.74 Å². The molecule has 2 aliphatic heterocycles. The molecule has 7 heteroatoms. The number of rotatable bonds is 1. The summed E-state index contributed by atoms with van der Waals surface area (Å²) in [6, 6.07) is 4.32. The number of benzene rings is 1. The van der Waals surface area contributed by atoms with Crippen molar-refractivity contribution < 1.29 is 18.7 Å². The Balaban J connectivity index is 1.80. The van der Waals surface area contributed by atoms with Crippen molar-refractivity contribution in [2.75, 3.05) is 13.1 Å². The van der Waals surface area contributed by atoms with E-state index in [9.17, 15) is 19.2 Å². The Labute approximate surface area is 164 Å². The molecule has 2 heterocycles. The van der Waals surface area contributed by atoms with Gasteiger partial charge in [-0.1, -0.05) is 0 Å². The maximum atomic E-state index is 14.0. The van der Waals surface area contributed by atoms with Crippen LogP contribution in [0.15, 0.2) is 12.1 Å². The van der Waals surface area contributed by atoms with Crippen LogP contribution in [0.3, 0.4) is 0 Å². The summed E-state index contributed by atoms with van der Waals surface area (Å²) >= 11 is 0. The standard InChI is InChI=1S/C21H26FN3O3/c1-20(2,3)28-19(27)24-8-6-15(7-9-24)25-18(26)17-13(12-23)10-14(22)11-16(17)21(25,4)5/h10-11,15H,6-9H2,1-5H3. The van der Waals surface area contributed by atoms with Crippen LogP contribution in [0.25, 0.3) is 0 Å². The zero-order chi connectivity index (χ0) is 20.9. The lowest BCUT2D eigenvalue weighted by Gasteiger charge is -2.43. The quantitative estimate of drug-likeness (QED) is 0.735. The highest BCUT2D eigenvalue weighted by Crippen LogP contribution is 2.43. The lowest BCUT2D eigenvalue weighted by molar-refractivity contribution is 0.00710. The summed E-state index contributed by atoms with van der Waals surface area (Å²) in [6.07, 6.45) is 0.856. The molecule has 1 saturated heterocycles. The van der Waals surface area contributed by atoms with Gasteiger partial charge in [-0.2, -0.15) is 5.26 Å². The second-order valence-electron chi connectivity index (χ2n) is 8.92. The van der Waals surface area contributed by atoms with Crippen LogP contribution in [0.5, 0.6) is 0 Å². The Morgan fingerprint density at radius 2 is 1.89 bits per heavy atom. The minimum absolute atomic E-state index is 0.0711. The third-order valence-corrected chi connectivity index (χ3v) is 5.40. The fraction of sp³-hybridized carbons (Fsp3) is 0.571. The molecule has 2 amide bonds. The number of carbonyl (C=O) groups excluding carboxylic acids is 2. The Bertz CT molecular complexity index is 859. The van der Waals surface area contributed by atoms with Gasteiger partial charge in [-0.15, -0.1) is 0 Å². The number of likely N-dealkylation sites (tertiary alicyclic amines) is 1. The number of nitrogens with zero attached hydrogens (tertiary/aromatic N) is 3. The molecule has 0 aromatic heterocycles. The van der Waals surface area contributed by atoms with Crippen molar-refractivity contribution in [1.82, 2.24) is 9.80 Å². The van der Waals surface area contributed by atoms with Crippen LogP contribution < -0.4 is 0 Å². The largest absolute Gasteiger partial charge is 0.444 e. The van der Waals surface area contributed by atoms with Crippen molar-refractivity contribution in [2.24, 2.45) is 0 Å². The SMILES string of the molecule is CC(C)(C)OC(=O)N1CCC(N2C(=O)c3c(C#N)cc(F)cc3C2(C)C)CC1. The van der Waals surface area contributed by atoms with Crippen molar-refractivity contribution in [3.8, 4) is 6.07 Å².